The van der Waals surface area contributed by atoms with Crippen LogP contribution in [-0.4, -0.2) is 44.7 Å². The second-order valence-electron chi connectivity index (χ2n) is 4.00. The van der Waals surface area contributed by atoms with E-state index in [0.29, 0.717) is 5.92 Å². The number of nitrogens with zero attached hydrogens (tertiary/aromatic N) is 1. The molecule has 1 heterocycles. The van der Waals surface area contributed by atoms with Gasteiger partial charge in [0.15, 0.2) is 0 Å². The lowest BCUT2D eigenvalue weighted by Crippen LogP contribution is -2.33. The van der Waals surface area contributed by atoms with Gasteiger partial charge in [0.25, 0.3) is 0 Å². The Kier molecular flexibility index (Phi) is 4.70. The Balaban J connectivity index is 2.33. The van der Waals surface area contributed by atoms with Crippen molar-refractivity contribution in [1.29, 1.82) is 0 Å². The summed E-state index contributed by atoms with van der Waals surface area (Å²) in [7, 11) is 2.01. The molecule has 1 fully saturated rings. The summed E-state index contributed by atoms with van der Waals surface area (Å²) in [6, 6.07) is 0. The fourth-order valence-corrected chi connectivity index (χ4v) is 2.24. The smallest absolute Gasteiger partial charge is 0.00136 e. The van der Waals surface area contributed by atoms with Gasteiger partial charge in [0.05, 0.1) is 0 Å². The first-order valence-corrected chi connectivity index (χ1v) is 5.38. The average molecular weight is 185 g/mol. The van der Waals surface area contributed by atoms with Gasteiger partial charge in [0, 0.05) is 6.54 Å². The van der Waals surface area contributed by atoms with E-state index in [2.05, 4.69) is 17.1 Å². The van der Waals surface area contributed by atoms with Crippen LogP contribution in [0.3, 0.4) is 0 Å². The van der Waals surface area contributed by atoms with E-state index in [0.717, 1.165) is 19.0 Å². The first-order valence-electron chi connectivity index (χ1n) is 5.38. The minimum absolute atomic E-state index is 0.668. The molecule has 3 nitrogen and oxygen atoms in total. The van der Waals surface area contributed by atoms with E-state index in [1.807, 2.05) is 7.05 Å². The van der Waals surface area contributed by atoms with Crippen LogP contribution in [-0.2, 0) is 0 Å². The van der Waals surface area contributed by atoms with Crippen molar-refractivity contribution in [3.8, 4) is 0 Å². The highest BCUT2D eigenvalue weighted by Crippen LogP contribution is 2.22. The molecule has 0 aromatic heterocycles. The van der Waals surface area contributed by atoms with Crippen LogP contribution in [0, 0.1) is 11.8 Å². The largest absolute Gasteiger partial charge is 0.330 e. The maximum absolute atomic E-state index is 5.77. The minimum Gasteiger partial charge on any atom is -0.330 e. The molecule has 0 aliphatic carbocycles. The summed E-state index contributed by atoms with van der Waals surface area (Å²) < 4.78 is 0. The van der Waals surface area contributed by atoms with Gasteiger partial charge in [-0.1, -0.05) is 6.92 Å². The Morgan fingerprint density at radius 2 is 2.38 bits per heavy atom. The summed E-state index contributed by atoms with van der Waals surface area (Å²) in [4.78, 5) is 2.52. The maximum atomic E-state index is 5.77. The predicted octanol–water partition coefficient (Wildman–Crippen LogP) is 0.123. The Morgan fingerprint density at radius 3 is 2.85 bits per heavy atom. The fraction of sp³-hybridized carbons (Fsp3) is 1.00. The van der Waals surface area contributed by atoms with Gasteiger partial charge in [-0.15, -0.1) is 0 Å². The number of rotatable bonds is 5. The molecule has 13 heavy (non-hydrogen) atoms. The van der Waals surface area contributed by atoms with E-state index >= 15 is 0 Å². The van der Waals surface area contributed by atoms with Crippen LogP contribution >= 0.6 is 0 Å². The van der Waals surface area contributed by atoms with Crippen LogP contribution in [0.2, 0.25) is 0 Å². The lowest BCUT2D eigenvalue weighted by Gasteiger charge is -2.21. The number of hydrogen-bond donors (Lipinski definition) is 2. The number of nitrogens with one attached hydrogen (secondary N) is 1. The summed E-state index contributed by atoms with van der Waals surface area (Å²) >= 11 is 0. The van der Waals surface area contributed by atoms with Gasteiger partial charge in [0.1, 0.15) is 0 Å². The summed E-state index contributed by atoms with van der Waals surface area (Å²) in [5.74, 6) is 1.49. The third-order valence-corrected chi connectivity index (χ3v) is 3.19. The summed E-state index contributed by atoms with van der Waals surface area (Å²) in [6.07, 6.45) is 1.33. The molecule has 3 heteroatoms. The molecule has 2 atom stereocenters. The van der Waals surface area contributed by atoms with Crippen LogP contribution in [0.4, 0.5) is 0 Å². The normalized spacial score (nSPS) is 26.5. The molecule has 3 N–H and O–H groups in total. The van der Waals surface area contributed by atoms with Gasteiger partial charge in [-0.25, -0.2) is 0 Å². The Hall–Kier alpha value is -0.120. The summed E-state index contributed by atoms with van der Waals surface area (Å²) in [5, 5.41) is 3.23. The molecule has 0 radical (unpaired) electrons. The third kappa shape index (κ3) is 2.93. The molecule has 1 saturated heterocycles. The Labute approximate surface area is 81.7 Å². The average Bonchev–Trinajstić information content (AvgIpc) is 2.62. The lowest BCUT2D eigenvalue weighted by atomic mass is 9.91. The number of nitrogens with two attached hydrogens (primary N) is 1. The summed E-state index contributed by atoms with van der Waals surface area (Å²) in [6.45, 7) is 7.83. The van der Waals surface area contributed by atoms with Crippen molar-refractivity contribution >= 4 is 0 Å². The monoisotopic (exact) mass is 185 g/mol. The molecule has 0 aromatic carbocycles. The van der Waals surface area contributed by atoms with E-state index in [9.17, 15) is 0 Å². The highest BCUT2D eigenvalue weighted by Gasteiger charge is 2.27. The SMILES string of the molecule is CCN1CCC(C(CN)CNC)C1. The van der Waals surface area contributed by atoms with Crippen molar-refractivity contribution in [1.82, 2.24) is 10.2 Å². The first-order chi connectivity index (χ1) is 6.31. The van der Waals surface area contributed by atoms with E-state index in [4.69, 9.17) is 5.73 Å². The van der Waals surface area contributed by atoms with Gasteiger partial charge in [-0.3, -0.25) is 0 Å². The van der Waals surface area contributed by atoms with Crippen molar-refractivity contribution in [2.75, 3.05) is 39.8 Å². The Bertz CT molecular complexity index is 138. The topological polar surface area (TPSA) is 41.3 Å². The van der Waals surface area contributed by atoms with Gasteiger partial charge in [-0.05, 0) is 51.5 Å². The highest BCUT2D eigenvalue weighted by molar-refractivity contribution is 4.81. The molecule has 2 unspecified atom stereocenters. The van der Waals surface area contributed by atoms with Gasteiger partial charge in [0.2, 0.25) is 0 Å². The van der Waals surface area contributed by atoms with E-state index in [1.165, 1.54) is 26.1 Å². The molecule has 0 aromatic rings. The van der Waals surface area contributed by atoms with Crippen molar-refractivity contribution in [3.63, 3.8) is 0 Å². The van der Waals surface area contributed by atoms with Crippen LogP contribution in [0.1, 0.15) is 13.3 Å². The third-order valence-electron chi connectivity index (χ3n) is 3.19. The van der Waals surface area contributed by atoms with Crippen molar-refractivity contribution < 1.29 is 0 Å². The molecule has 0 saturated carbocycles. The number of hydrogen-bond acceptors (Lipinski definition) is 3. The molecule has 1 aliphatic rings. The van der Waals surface area contributed by atoms with Crippen molar-refractivity contribution in [2.24, 2.45) is 17.6 Å². The van der Waals surface area contributed by atoms with Crippen LogP contribution < -0.4 is 11.1 Å². The highest BCUT2D eigenvalue weighted by atomic mass is 15.1. The second kappa shape index (κ2) is 5.58. The van der Waals surface area contributed by atoms with Crippen molar-refractivity contribution in [2.45, 2.75) is 13.3 Å². The van der Waals surface area contributed by atoms with Crippen molar-refractivity contribution in [3.05, 3.63) is 0 Å². The zero-order valence-corrected chi connectivity index (χ0v) is 8.92. The van der Waals surface area contributed by atoms with Crippen LogP contribution in [0.5, 0.6) is 0 Å². The van der Waals surface area contributed by atoms with Gasteiger partial charge >= 0.3 is 0 Å². The maximum Gasteiger partial charge on any atom is 0.00136 e. The van der Waals surface area contributed by atoms with E-state index in [-0.39, 0.29) is 0 Å². The van der Waals surface area contributed by atoms with Gasteiger partial charge < -0.3 is 16.0 Å². The van der Waals surface area contributed by atoms with Crippen LogP contribution in [0.25, 0.3) is 0 Å². The molecular formula is C10H23N3. The standard InChI is InChI=1S/C10H23N3/c1-3-13-5-4-9(8-13)10(6-11)7-12-2/h9-10,12H,3-8,11H2,1-2H3. The zero-order chi connectivity index (χ0) is 9.68. The first kappa shape index (κ1) is 11.0. The molecule has 0 bridgehead atoms. The molecule has 1 rings (SSSR count). The van der Waals surface area contributed by atoms with E-state index in [1.54, 1.807) is 0 Å². The quantitative estimate of drug-likeness (QED) is 0.639. The Morgan fingerprint density at radius 1 is 1.62 bits per heavy atom. The van der Waals surface area contributed by atoms with Crippen LogP contribution in [0.15, 0.2) is 0 Å². The second-order valence-corrected chi connectivity index (χ2v) is 4.00. The summed E-state index contributed by atoms with van der Waals surface area (Å²) in [5.41, 5.74) is 5.77. The predicted molar refractivity (Wildman–Crippen MR) is 56.7 cm³/mol. The zero-order valence-electron chi connectivity index (χ0n) is 8.92. The number of likely N-dealkylation sites (tertiary alicyclic amines) is 1. The molecule has 1 aliphatic heterocycles. The van der Waals surface area contributed by atoms with Gasteiger partial charge in [-0.2, -0.15) is 0 Å². The fourth-order valence-electron chi connectivity index (χ4n) is 2.24. The van der Waals surface area contributed by atoms with E-state index < -0.39 is 0 Å². The molecular weight excluding hydrogens is 162 g/mol. The molecule has 0 amide bonds. The minimum atomic E-state index is 0.668. The molecule has 78 valence electrons. The lowest BCUT2D eigenvalue weighted by molar-refractivity contribution is 0.296. The molecule has 0 spiro atoms.